The van der Waals surface area contributed by atoms with Crippen molar-refractivity contribution in [1.29, 1.82) is 0 Å². The maximum absolute atomic E-state index is 13.4. The minimum absolute atomic E-state index is 0.181. The highest BCUT2D eigenvalue weighted by Gasteiger charge is 2.31. The largest absolute Gasteiger partial charge is 0.331 e. The Hall–Kier alpha value is -3.33. The molecule has 1 aromatic carbocycles. The highest BCUT2D eigenvalue weighted by Crippen LogP contribution is 2.46. The molecule has 4 N–H and O–H groups in total. The Labute approximate surface area is 202 Å². The summed E-state index contributed by atoms with van der Waals surface area (Å²) in [6.45, 7) is 0.669. The Bertz CT molecular complexity index is 1350. The molecule has 2 atom stereocenters. The first-order valence-corrected chi connectivity index (χ1v) is 12.5. The van der Waals surface area contributed by atoms with Crippen LogP contribution in [0, 0.1) is 0 Å². The molecule has 8 heteroatoms. The summed E-state index contributed by atoms with van der Waals surface area (Å²) in [5, 5.41) is 7.76. The highest BCUT2D eigenvalue weighted by molar-refractivity contribution is 7.19. The van der Waals surface area contributed by atoms with Crippen LogP contribution in [-0.2, 0) is 6.54 Å². The molecule has 1 aliphatic heterocycles. The minimum Gasteiger partial charge on any atom is -0.326 e. The van der Waals surface area contributed by atoms with E-state index in [0.29, 0.717) is 12.6 Å². The van der Waals surface area contributed by atoms with Gasteiger partial charge in [0.05, 0.1) is 28.1 Å². The van der Waals surface area contributed by atoms with E-state index in [1.165, 1.54) is 12.8 Å². The molecule has 0 spiro atoms. The zero-order valence-electron chi connectivity index (χ0n) is 18.7. The molecule has 2 amide bonds. The molecule has 0 unspecified atom stereocenters. The van der Waals surface area contributed by atoms with Gasteiger partial charge in [0.1, 0.15) is 4.83 Å². The first-order valence-electron chi connectivity index (χ1n) is 11.7. The number of urea groups is 1. The maximum atomic E-state index is 13.4. The van der Waals surface area contributed by atoms with Gasteiger partial charge in [-0.1, -0.05) is 43.2 Å². The quantitative estimate of drug-likeness (QED) is 0.363. The van der Waals surface area contributed by atoms with Gasteiger partial charge < -0.3 is 16.4 Å². The molecule has 1 saturated carbocycles. The van der Waals surface area contributed by atoms with E-state index in [-0.39, 0.29) is 12.1 Å². The molecule has 0 radical (unpaired) electrons. The number of carbonyl (C=O) groups is 1. The fraction of sp³-hybridized carbons (Fsp3) is 0.269. The second-order valence-corrected chi connectivity index (χ2v) is 9.96. The number of hydrogen-bond acceptors (Lipinski definition) is 6. The predicted molar refractivity (Wildman–Crippen MR) is 138 cm³/mol. The average molecular weight is 471 g/mol. The van der Waals surface area contributed by atoms with Crippen molar-refractivity contribution in [2.24, 2.45) is 5.73 Å². The summed E-state index contributed by atoms with van der Waals surface area (Å²) in [6.07, 6.45) is 8.08. The van der Waals surface area contributed by atoms with Crippen LogP contribution in [-0.4, -0.2) is 28.1 Å². The van der Waals surface area contributed by atoms with Crippen molar-refractivity contribution in [3.8, 4) is 11.3 Å². The van der Waals surface area contributed by atoms with Gasteiger partial charge in [0.25, 0.3) is 0 Å². The van der Waals surface area contributed by atoms with Crippen molar-refractivity contribution >= 4 is 44.6 Å². The number of aromatic nitrogens is 2. The van der Waals surface area contributed by atoms with Crippen LogP contribution in [0.1, 0.15) is 30.6 Å². The third-order valence-corrected chi connectivity index (χ3v) is 7.83. The van der Waals surface area contributed by atoms with Crippen molar-refractivity contribution in [3.05, 3.63) is 65.8 Å². The number of hydrogen-bond donors (Lipinski definition) is 3. The number of pyridine rings is 2. The molecule has 6 rings (SSSR count). The van der Waals surface area contributed by atoms with Crippen LogP contribution in [0.15, 0.2) is 60.9 Å². The third-order valence-electron chi connectivity index (χ3n) is 6.73. The second kappa shape index (κ2) is 8.79. The zero-order chi connectivity index (χ0) is 23.1. The monoisotopic (exact) mass is 470 g/mol. The third kappa shape index (κ3) is 3.73. The average Bonchev–Trinajstić information content (AvgIpc) is 3.22. The van der Waals surface area contributed by atoms with E-state index < -0.39 is 0 Å². The molecular formula is C26H26N6OS. The van der Waals surface area contributed by atoms with E-state index in [9.17, 15) is 4.79 Å². The van der Waals surface area contributed by atoms with Gasteiger partial charge in [0.2, 0.25) is 0 Å². The summed E-state index contributed by atoms with van der Waals surface area (Å²) >= 11 is 1.62. The van der Waals surface area contributed by atoms with Crippen molar-refractivity contribution in [1.82, 2.24) is 15.3 Å². The fourth-order valence-electron chi connectivity index (χ4n) is 4.99. The molecular weight excluding hydrogens is 444 g/mol. The van der Waals surface area contributed by atoms with Gasteiger partial charge in [0, 0.05) is 41.5 Å². The highest BCUT2D eigenvalue weighted by atomic mass is 32.1. The number of anilines is 3. The van der Waals surface area contributed by atoms with Gasteiger partial charge in [-0.25, -0.2) is 9.78 Å². The standard InChI is InChI=1S/C26H26N6OS/c27-18-8-4-5-9-19(18)30-15-22-24-23-21(11-13-29-25(23)34-22)32(26(33)31-24)17-10-12-28-20(14-17)16-6-2-1-3-7-16/h1-3,6-7,10-14,18-19,30H,4-5,8-9,15,27H2,(H,31,33)/t18-,19+/m0/s1. The molecule has 172 valence electrons. The number of thiophene rings is 1. The smallest absolute Gasteiger partial charge is 0.326 e. The lowest BCUT2D eigenvalue weighted by molar-refractivity contribution is 0.259. The molecule has 3 aromatic heterocycles. The summed E-state index contributed by atoms with van der Waals surface area (Å²) in [4.78, 5) is 26.2. The zero-order valence-corrected chi connectivity index (χ0v) is 19.5. The number of nitrogens with two attached hydrogens (primary N) is 1. The summed E-state index contributed by atoms with van der Waals surface area (Å²) in [5.41, 5.74) is 10.6. The van der Waals surface area contributed by atoms with Crippen molar-refractivity contribution in [3.63, 3.8) is 0 Å². The van der Waals surface area contributed by atoms with Crippen LogP contribution in [0.4, 0.5) is 21.9 Å². The van der Waals surface area contributed by atoms with E-state index in [2.05, 4.69) is 20.6 Å². The summed E-state index contributed by atoms with van der Waals surface area (Å²) < 4.78 is 0. The van der Waals surface area contributed by atoms with Crippen molar-refractivity contribution < 1.29 is 4.79 Å². The Morgan fingerprint density at radius 3 is 2.76 bits per heavy atom. The molecule has 2 aliphatic rings. The van der Waals surface area contributed by atoms with E-state index in [0.717, 1.165) is 56.3 Å². The molecule has 4 heterocycles. The lowest BCUT2D eigenvalue weighted by atomic mass is 9.91. The lowest BCUT2D eigenvalue weighted by Gasteiger charge is -2.30. The van der Waals surface area contributed by atoms with Crippen LogP contribution in [0.2, 0.25) is 0 Å². The van der Waals surface area contributed by atoms with Gasteiger partial charge in [-0.2, -0.15) is 0 Å². The molecule has 1 fully saturated rings. The van der Waals surface area contributed by atoms with Gasteiger partial charge in [-0.3, -0.25) is 9.88 Å². The van der Waals surface area contributed by atoms with E-state index in [1.54, 1.807) is 28.6 Å². The summed E-state index contributed by atoms with van der Waals surface area (Å²) in [5.74, 6) is 0. The Morgan fingerprint density at radius 2 is 1.91 bits per heavy atom. The fourth-order valence-corrected chi connectivity index (χ4v) is 6.05. The van der Waals surface area contributed by atoms with Crippen molar-refractivity contribution in [2.45, 2.75) is 44.3 Å². The first kappa shape index (κ1) is 21.2. The van der Waals surface area contributed by atoms with Gasteiger partial charge >= 0.3 is 6.03 Å². The second-order valence-electron chi connectivity index (χ2n) is 8.88. The molecule has 0 saturated heterocycles. The normalized spacial score (nSPS) is 19.9. The lowest BCUT2D eigenvalue weighted by Crippen LogP contribution is -2.46. The molecule has 0 bridgehead atoms. The van der Waals surface area contributed by atoms with Crippen LogP contribution in [0.5, 0.6) is 0 Å². The Balaban J connectivity index is 1.36. The first-order chi connectivity index (χ1) is 16.7. The minimum atomic E-state index is -0.181. The van der Waals surface area contributed by atoms with Crippen LogP contribution >= 0.6 is 11.3 Å². The Kier molecular flexibility index (Phi) is 5.49. The molecule has 7 nitrogen and oxygen atoms in total. The number of benzene rings is 1. The van der Waals surface area contributed by atoms with Crippen LogP contribution < -0.4 is 21.3 Å². The topological polar surface area (TPSA) is 96.2 Å². The van der Waals surface area contributed by atoms with E-state index >= 15 is 0 Å². The number of carbonyl (C=O) groups excluding carboxylic acids is 1. The van der Waals surface area contributed by atoms with Gasteiger partial charge in [-0.05, 0) is 31.0 Å². The number of nitrogens with one attached hydrogen (secondary N) is 2. The SMILES string of the molecule is N[C@H]1CCCC[C@H]1NCc1sc2nccc3c2c1NC(=O)N3c1ccnc(-c2ccccc2)c1. The van der Waals surface area contributed by atoms with E-state index in [1.807, 2.05) is 48.5 Å². The van der Waals surface area contributed by atoms with Crippen LogP contribution in [0.25, 0.3) is 21.5 Å². The van der Waals surface area contributed by atoms with Gasteiger partial charge in [0.15, 0.2) is 0 Å². The van der Waals surface area contributed by atoms with E-state index in [4.69, 9.17) is 5.73 Å². The number of rotatable bonds is 5. The summed E-state index contributed by atoms with van der Waals surface area (Å²) in [6, 6.07) is 16.0. The molecule has 34 heavy (non-hydrogen) atoms. The van der Waals surface area contributed by atoms with Crippen LogP contribution in [0.3, 0.4) is 0 Å². The van der Waals surface area contributed by atoms with Crippen molar-refractivity contribution in [2.75, 3.05) is 10.2 Å². The Morgan fingerprint density at radius 1 is 1.09 bits per heavy atom. The number of amides is 2. The van der Waals surface area contributed by atoms with Gasteiger partial charge in [-0.15, -0.1) is 11.3 Å². The molecule has 4 aromatic rings. The molecule has 1 aliphatic carbocycles. The number of nitrogens with zero attached hydrogens (tertiary/aromatic N) is 3. The predicted octanol–water partition coefficient (Wildman–Crippen LogP) is 5.40. The maximum Gasteiger partial charge on any atom is 0.331 e. The summed E-state index contributed by atoms with van der Waals surface area (Å²) in [7, 11) is 0.